The van der Waals surface area contributed by atoms with Gasteiger partial charge in [-0.3, -0.25) is 0 Å². The van der Waals surface area contributed by atoms with Crippen LogP contribution in [0.3, 0.4) is 0 Å². The lowest BCUT2D eigenvalue weighted by Crippen LogP contribution is -1.99. The Hall–Kier alpha value is -1.56. The highest BCUT2D eigenvalue weighted by Crippen LogP contribution is 2.24. The lowest BCUT2D eigenvalue weighted by atomic mass is 9.91. The summed E-state index contributed by atoms with van der Waals surface area (Å²) in [5.41, 5.74) is 4.09. The lowest BCUT2D eigenvalue weighted by Gasteiger charge is -2.14. The summed E-state index contributed by atoms with van der Waals surface area (Å²) >= 11 is 0. The van der Waals surface area contributed by atoms with Gasteiger partial charge in [0.1, 0.15) is 0 Å². The van der Waals surface area contributed by atoms with E-state index in [9.17, 15) is 0 Å². The Morgan fingerprint density at radius 1 is 1.25 bits per heavy atom. The average Bonchev–Trinajstić information content (AvgIpc) is 2.33. The monoisotopic (exact) mass is 210 g/mol. The summed E-state index contributed by atoms with van der Waals surface area (Å²) < 4.78 is 0. The summed E-state index contributed by atoms with van der Waals surface area (Å²) in [7, 11) is 0. The van der Waals surface area contributed by atoms with E-state index in [-0.39, 0.29) is 0 Å². The van der Waals surface area contributed by atoms with Crippen LogP contribution in [0.4, 0.5) is 0 Å². The highest BCUT2D eigenvalue weighted by molar-refractivity contribution is 5.66. The van der Waals surface area contributed by atoms with Gasteiger partial charge in [0.15, 0.2) is 0 Å². The van der Waals surface area contributed by atoms with Crippen molar-refractivity contribution in [2.75, 3.05) is 0 Å². The molecule has 0 N–H and O–H groups in total. The van der Waals surface area contributed by atoms with Crippen molar-refractivity contribution < 1.29 is 0 Å². The molecule has 1 aliphatic rings. The van der Waals surface area contributed by atoms with Crippen LogP contribution in [0.1, 0.15) is 25.8 Å². The molecule has 1 atom stereocenters. The molecule has 0 saturated heterocycles. The number of hydrogen-bond acceptors (Lipinski definition) is 0. The predicted molar refractivity (Wildman–Crippen MR) is 71.1 cm³/mol. The van der Waals surface area contributed by atoms with Crippen molar-refractivity contribution in [2.45, 2.75) is 20.3 Å². The molecule has 0 aliphatic heterocycles. The Balaban J connectivity index is 2.24. The number of allylic oxidation sites excluding steroid dienone is 6. The van der Waals surface area contributed by atoms with Crippen molar-refractivity contribution in [1.29, 1.82) is 0 Å². The molecule has 0 bridgehead atoms. The van der Waals surface area contributed by atoms with Crippen molar-refractivity contribution in [3.8, 4) is 0 Å². The number of rotatable bonds is 2. The topological polar surface area (TPSA) is 0 Å². The van der Waals surface area contributed by atoms with Crippen molar-refractivity contribution in [3.05, 3.63) is 65.8 Å². The molecule has 1 aromatic carbocycles. The van der Waals surface area contributed by atoms with Crippen LogP contribution in [0, 0.1) is 5.92 Å². The molecule has 1 aromatic rings. The molecule has 0 spiro atoms. The van der Waals surface area contributed by atoms with Crippen LogP contribution in [0.15, 0.2) is 60.2 Å². The highest BCUT2D eigenvalue weighted by atomic mass is 14.1. The minimum Gasteiger partial charge on any atom is -0.0839 e. The lowest BCUT2D eigenvalue weighted by molar-refractivity contribution is 0.704. The Bertz CT molecular complexity index is 432. The Morgan fingerprint density at radius 2 is 2.00 bits per heavy atom. The van der Waals surface area contributed by atoms with E-state index in [1.165, 1.54) is 16.7 Å². The standard InChI is InChI=1S/C16H18/c1-13-8-6-7-11-16(13)12-14(2)15-9-4-3-5-10-15/h3-7,9-13H,8H2,1-2H3/b14-12-. The van der Waals surface area contributed by atoms with E-state index in [2.05, 4.69) is 68.5 Å². The molecular weight excluding hydrogens is 192 g/mol. The molecule has 16 heavy (non-hydrogen) atoms. The first-order valence-corrected chi connectivity index (χ1v) is 5.88. The SMILES string of the molecule is C/C(=C/C1=CC=CCC1C)c1ccccc1. The van der Waals surface area contributed by atoms with Gasteiger partial charge in [-0.2, -0.15) is 0 Å². The van der Waals surface area contributed by atoms with Crippen molar-refractivity contribution >= 4 is 5.57 Å². The van der Waals surface area contributed by atoms with Gasteiger partial charge in [0.05, 0.1) is 0 Å². The molecule has 0 radical (unpaired) electrons. The second-order valence-electron chi connectivity index (χ2n) is 4.42. The van der Waals surface area contributed by atoms with Crippen LogP contribution in [-0.2, 0) is 0 Å². The molecule has 0 saturated carbocycles. The normalized spacial score (nSPS) is 20.8. The quantitative estimate of drug-likeness (QED) is 0.668. The Morgan fingerprint density at radius 3 is 2.69 bits per heavy atom. The summed E-state index contributed by atoms with van der Waals surface area (Å²) in [6.07, 6.45) is 10.1. The minimum atomic E-state index is 0.642. The molecule has 0 heteroatoms. The molecule has 0 nitrogen and oxygen atoms in total. The summed E-state index contributed by atoms with van der Waals surface area (Å²) in [5.74, 6) is 0.642. The van der Waals surface area contributed by atoms with E-state index in [0.29, 0.717) is 5.92 Å². The molecule has 82 valence electrons. The highest BCUT2D eigenvalue weighted by Gasteiger charge is 2.07. The fourth-order valence-corrected chi connectivity index (χ4v) is 1.99. The van der Waals surface area contributed by atoms with E-state index in [4.69, 9.17) is 0 Å². The zero-order valence-electron chi connectivity index (χ0n) is 9.98. The molecule has 0 aromatic heterocycles. The smallest absolute Gasteiger partial charge is 0.0156 e. The Labute approximate surface area is 98.0 Å². The summed E-state index contributed by atoms with van der Waals surface area (Å²) in [6.45, 7) is 4.46. The van der Waals surface area contributed by atoms with Gasteiger partial charge in [0.25, 0.3) is 0 Å². The third-order valence-electron chi connectivity index (χ3n) is 3.10. The number of hydrogen-bond donors (Lipinski definition) is 0. The largest absolute Gasteiger partial charge is 0.0839 e. The van der Waals surface area contributed by atoms with E-state index >= 15 is 0 Å². The van der Waals surface area contributed by atoms with Gasteiger partial charge in [-0.25, -0.2) is 0 Å². The molecule has 0 fully saturated rings. The van der Waals surface area contributed by atoms with Crippen LogP contribution >= 0.6 is 0 Å². The first-order valence-electron chi connectivity index (χ1n) is 5.88. The third-order valence-corrected chi connectivity index (χ3v) is 3.10. The second-order valence-corrected chi connectivity index (χ2v) is 4.42. The van der Waals surface area contributed by atoms with E-state index < -0.39 is 0 Å². The summed E-state index contributed by atoms with van der Waals surface area (Å²) in [5, 5.41) is 0. The maximum absolute atomic E-state index is 2.31. The van der Waals surface area contributed by atoms with E-state index in [1.807, 2.05) is 0 Å². The maximum atomic E-state index is 2.31. The van der Waals surface area contributed by atoms with Gasteiger partial charge in [-0.15, -0.1) is 0 Å². The van der Waals surface area contributed by atoms with Crippen LogP contribution in [0.25, 0.3) is 5.57 Å². The predicted octanol–water partition coefficient (Wildman–Crippen LogP) is 4.61. The van der Waals surface area contributed by atoms with Gasteiger partial charge in [-0.1, -0.05) is 61.6 Å². The van der Waals surface area contributed by atoms with Crippen molar-refractivity contribution in [2.24, 2.45) is 5.92 Å². The first-order chi connectivity index (χ1) is 7.77. The van der Waals surface area contributed by atoms with Crippen molar-refractivity contribution in [3.63, 3.8) is 0 Å². The minimum absolute atomic E-state index is 0.642. The van der Waals surface area contributed by atoms with Crippen LogP contribution in [-0.4, -0.2) is 0 Å². The van der Waals surface area contributed by atoms with Gasteiger partial charge in [0.2, 0.25) is 0 Å². The first kappa shape index (κ1) is 10.9. The molecule has 0 amide bonds. The van der Waals surface area contributed by atoms with Gasteiger partial charge in [-0.05, 0) is 36.0 Å². The van der Waals surface area contributed by atoms with Crippen molar-refractivity contribution in [1.82, 2.24) is 0 Å². The van der Waals surface area contributed by atoms with Gasteiger partial charge >= 0.3 is 0 Å². The third kappa shape index (κ3) is 2.52. The molecule has 2 rings (SSSR count). The second kappa shape index (κ2) is 4.98. The average molecular weight is 210 g/mol. The molecule has 0 heterocycles. The van der Waals surface area contributed by atoms with Gasteiger partial charge < -0.3 is 0 Å². The van der Waals surface area contributed by atoms with E-state index in [1.54, 1.807) is 0 Å². The zero-order valence-corrected chi connectivity index (χ0v) is 9.98. The van der Waals surface area contributed by atoms with Crippen LogP contribution in [0.2, 0.25) is 0 Å². The Kier molecular flexibility index (Phi) is 3.40. The fraction of sp³-hybridized carbons (Fsp3) is 0.250. The maximum Gasteiger partial charge on any atom is -0.0156 e. The molecular formula is C16H18. The van der Waals surface area contributed by atoms with Crippen LogP contribution < -0.4 is 0 Å². The van der Waals surface area contributed by atoms with Gasteiger partial charge in [0, 0.05) is 0 Å². The summed E-state index contributed by atoms with van der Waals surface area (Å²) in [6, 6.07) is 10.6. The molecule has 1 unspecified atom stereocenters. The summed E-state index contributed by atoms with van der Waals surface area (Å²) in [4.78, 5) is 0. The molecule has 1 aliphatic carbocycles. The van der Waals surface area contributed by atoms with Crippen LogP contribution in [0.5, 0.6) is 0 Å². The van der Waals surface area contributed by atoms with E-state index in [0.717, 1.165) is 6.42 Å². The zero-order chi connectivity index (χ0) is 11.4. The fourth-order valence-electron chi connectivity index (χ4n) is 1.99. The number of benzene rings is 1.